The molecule has 4 N–H and O–H groups in total. The highest BCUT2D eigenvalue weighted by Gasteiger charge is 2.13. The lowest BCUT2D eigenvalue weighted by Gasteiger charge is -2.12. The van der Waals surface area contributed by atoms with E-state index >= 15 is 0 Å². The van der Waals surface area contributed by atoms with Crippen LogP contribution in [0.5, 0.6) is 0 Å². The summed E-state index contributed by atoms with van der Waals surface area (Å²) in [5.41, 5.74) is 8.55. The number of carbonyl (C=O) groups excluding carboxylic acids is 1. The van der Waals surface area contributed by atoms with Crippen LogP contribution in [0.25, 0.3) is 10.9 Å². The minimum Gasteiger partial charge on any atom is -0.324 e. The molecule has 0 saturated carbocycles. The molecule has 0 saturated heterocycles. The number of amides is 1. The molecule has 0 aliphatic carbocycles. The molecular formula is C16H16N4O. The molecule has 3 rings (SSSR count). The Bertz CT molecular complexity index is 751. The number of rotatable bonds is 4. The van der Waals surface area contributed by atoms with Gasteiger partial charge in [0, 0.05) is 17.8 Å². The topological polar surface area (TPSA) is 83.8 Å². The lowest BCUT2D eigenvalue weighted by molar-refractivity contribution is -0.116. The molecule has 106 valence electrons. The van der Waals surface area contributed by atoms with Gasteiger partial charge in [-0.25, -0.2) is 0 Å². The zero-order chi connectivity index (χ0) is 14.7. The second-order valence-electron chi connectivity index (χ2n) is 4.91. The Morgan fingerprint density at radius 2 is 2.00 bits per heavy atom. The average molecular weight is 280 g/mol. The number of nitrogens with two attached hydrogens (primary N) is 1. The third-order valence-electron chi connectivity index (χ3n) is 3.38. The number of carbonyl (C=O) groups is 1. The molecule has 1 atom stereocenters. The van der Waals surface area contributed by atoms with Crippen LogP contribution in [-0.4, -0.2) is 16.1 Å². The maximum Gasteiger partial charge on any atom is 0.226 e. The maximum absolute atomic E-state index is 12.1. The molecule has 3 aromatic rings. The van der Waals surface area contributed by atoms with E-state index in [2.05, 4.69) is 15.5 Å². The molecule has 5 nitrogen and oxygen atoms in total. The zero-order valence-electron chi connectivity index (χ0n) is 11.4. The van der Waals surface area contributed by atoms with Gasteiger partial charge < -0.3 is 11.1 Å². The number of hydrogen-bond acceptors (Lipinski definition) is 3. The van der Waals surface area contributed by atoms with Crippen LogP contribution in [-0.2, 0) is 4.79 Å². The Labute approximate surface area is 122 Å². The lowest BCUT2D eigenvalue weighted by Crippen LogP contribution is -2.20. The van der Waals surface area contributed by atoms with Gasteiger partial charge in [-0.2, -0.15) is 5.10 Å². The van der Waals surface area contributed by atoms with Crippen molar-refractivity contribution in [2.45, 2.75) is 12.5 Å². The number of aromatic nitrogens is 2. The van der Waals surface area contributed by atoms with E-state index in [1.165, 1.54) is 0 Å². The van der Waals surface area contributed by atoms with Gasteiger partial charge in [0.25, 0.3) is 0 Å². The first-order chi connectivity index (χ1) is 10.2. The SMILES string of the molecule is NC(CC(=O)Nc1cccc2cn[nH]c12)c1ccccc1. The summed E-state index contributed by atoms with van der Waals surface area (Å²) in [5, 5.41) is 10.7. The largest absolute Gasteiger partial charge is 0.324 e. The fraction of sp³-hybridized carbons (Fsp3) is 0.125. The Hall–Kier alpha value is -2.66. The van der Waals surface area contributed by atoms with Gasteiger partial charge in [-0.05, 0) is 11.6 Å². The molecule has 0 aliphatic rings. The predicted molar refractivity (Wildman–Crippen MR) is 82.7 cm³/mol. The summed E-state index contributed by atoms with van der Waals surface area (Å²) in [6.45, 7) is 0. The molecule has 1 heterocycles. The molecule has 0 radical (unpaired) electrons. The molecule has 1 amide bonds. The zero-order valence-corrected chi connectivity index (χ0v) is 11.4. The van der Waals surface area contributed by atoms with Gasteiger partial charge in [0.2, 0.25) is 5.91 Å². The van der Waals surface area contributed by atoms with Crippen molar-refractivity contribution in [3.8, 4) is 0 Å². The van der Waals surface area contributed by atoms with Crippen LogP contribution in [0.4, 0.5) is 5.69 Å². The number of nitrogens with one attached hydrogen (secondary N) is 2. The monoisotopic (exact) mass is 280 g/mol. The van der Waals surface area contributed by atoms with E-state index in [0.717, 1.165) is 22.2 Å². The fourth-order valence-electron chi connectivity index (χ4n) is 2.29. The summed E-state index contributed by atoms with van der Waals surface area (Å²) in [6.07, 6.45) is 1.95. The highest BCUT2D eigenvalue weighted by atomic mass is 16.1. The first kappa shape index (κ1) is 13.3. The van der Waals surface area contributed by atoms with Gasteiger partial charge in [0.05, 0.1) is 17.4 Å². The number of hydrogen-bond donors (Lipinski definition) is 3. The second-order valence-corrected chi connectivity index (χ2v) is 4.91. The third-order valence-corrected chi connectivity index (χ3v) is 3.38. The van der Waals surface area contributed by atoms with Crippen molar-refractivity contribution in [2.24, 2.45) is 5.73 Å². The Morgan fingerprint density at radius 3 is 2.81 bits per heavy atom. The van der Waals surface area contributed by atoms with Crippen molar-refractivity contribution < 1.29 is 4.79 Å². The van der Waals surface area contributed by atoms with Crippen molar-refractivity contribution in [3.63, 3.8) is 0 Å². The Balaban J connectivity index is 1.71. The van der Waals surface area contributed by atoms with Crippen LogP contribution < -0.4 is 11.1 Å². The maximum atomic E-state index is 12.1. The number of anilines is 1. The van der Waals surface area contributed by atoms with Crippen LogP contribution in [0, 0.1) is 0 Å². The third kappa shape index (κ3) is 2.93. The fourth-order valence-corrected chi connectivity index (χ4v) is 2.29. The molecule has 0 spiro atoms. The minimum atomic E-state index is -0.313. The molecule has 21 heavy (non-hydrogen) atoms. The van der Waals surface area contributed by atoms with E-state index in [-0.39, 0.29) is 18.4 Å². The molecule has 0 fully saturated rings. The van der Waals surface area contributed by atoms with Crippen LogP contribution in [0.2, 0.25) is 0 Å². The molecule has 0 bridgehead atoms. The molecule has 0 aliphatic heterocycles. The van der Waals surface area contributed by atoms with Gasteiger partial charge in [0.1, 0.15) is 0 Å². The first-order valence-electron chi connectivity index (χ1n) is 6.76. The van der Waals surface area contributed by atoms with Crippen molar-refractivity contribution in [1.82, 2.24) is 10.2 Å². The molecule has 2 aromatic carbocycles. The summed E-state index contributed by atoms with van der Waals surface area (Å²) in [4.78, 5) is 12.1. The molecule has 5 heteroatoms. The van der Waals surface area contributed by atoms with E-state index in [1.807, 2.05) is 48.5 Å². The van der Waals surface area contributed by atoms with E-state index < -0.39 is 0 Å². The predicted octanol–water partition coefficient (Wildman–Crippen LogP) is 2.59. The summed E-state index contributed by atoms with van der Waals surface area (Å²) < 4.78 is 0. The summed E-state index contributed by atoms with van der Waals surface area (Å²) in [7, 11) is 0. The standard InChI is InChI=1S/C16H16N4O/c17-13(11-5-2-1-3-6-11)9-15(21)19-14-8-4-7-12-10-18-20-16(12)14/h1-8,10,13H,9,17H2,(H,18,20)(H,19,21). The van der Waals surface area contributed by atoms with E-state index in [0.29, 0.717) is 0 Å². The number of para-hydroxylation sites is 1. The molecular weight excluding hydrogens is 264 g/mol. The minimum absolute atomic E-state index is 0.117. The van der Waals surface area contributed by atoms with Crippen LogP contribution >= 0.6 is 0 Å². The van der Waals surface area contributed by atoms with Gasteiger partial charge in [-0.15, -0.1) is 0 Å². The highest BCUT2D eigenvalue weighted by Crippen LogP contribution is 2.21. The Kier molecular flexibility index (Phi) is 3.66. The number of fused-ring (bicyclic) bond motifs is 1. The van der Waals surface area contributed by atoms with Gasteiger partial charge in [-0.1, -0.05) is 42.5 Å². The van der Waals surface area contributed by atoms with Gasteiger partial charge in [0.15, 0.2) is 0 Å². The number of H-pyrrole nitrogens is 1. The first-order valence-corrected chi connectivity index (χ1v) is 6.76. The summed E-state index contributed by atoms with van der Waals surface area (Å²) >= 11 is 0. The number of nitrogens with zero attached hydrogens (tertiary/aromatic N) is 1. The van der Waals surface area contributed by atoms with Crippen LogP contribution in [0.1, 0.15) is 18.0 Å². The Morgan fingerprint density at radius 1 is 1.19 bits per heavy atom. The van der Waals surface area contributed by atoms with Gasteiger partial charge in [-0.3, -0.25) is 9.89 Å². The molecule has 1 aromatic heterocycles. The quantitative estimate of drug-likeness (QED) is 0.686. The smallest absolute Gasteiger partial charge is 0.226 e. The van der Waals surface area contributed by atoms with Crippen molar-refractivity contribution in [3.05, 3.63) is 60.3 Å². The van der Waals surface area contributed by atoms with Gasteiger partial charge >= 0.3 is 0 Å². The normalized spacial score (nSPS) is 12.2. The van der Waals surface area contributed by atoms with Crippen LogP contribution in [0.15, 0.2) is 54.7 Å². The van der Waals surface area contributed by atoms with Crippen LogP contribution in [0.3, 0.4) is 0 Å². The van der Waals surface area contributed by atoms with E-state index in [9.17, 15) is 4.79 Å². The number of aromatic amines is 1. The second kappa shape index (κ2) is 5.76. The highest BCUT2D eigenvalue weighted by molar-refractivity contribution is 6.00. The molecule has 1 unspecified atom stereocenters. The van der Waals surface area contributed by atoms with E-state index in [4.69, 9.17) is 5.73 Å². The van der Waals surface area contributed by atoms with Crippen molar-refractivity contribution >= 4 is 22.5 Å². The number of benzene rings is 2. The lowest BCUT2D eigenvalue weighted by atomic mass is 10.0. The average Bonchev–Trinajstić information content (AvgIpc) is 2.97. The van der Waals surface area contributed by atoms with Crippen molar-refractivity contribution in [2.75, 3.05) is 5.32 Å². The van der Waals surface area contributed by atoms with E-state index in [1.54, 1.807) is 6.20 Å². The summed E-state index contributed by atoms with van der Waals surface area (Å²) in [5.74, 6) is -0.117. The summed E-state index contributed by atoms with van der Waals surface area (Å²) in [6, 6.07) is 14.9. The van der Waals surface area contributed by atoms with Crippen molar-refractivity contribution in [1.29, 1.82) is 0 Å².